The molecule has 2 rings (SSSR count). The van der Waals surface area contributed by atoms with E-state index < -0.39 is 0 Å². The second-order valence-electron chi connectivity index (χ2n) is 2.92. The SMILES string of the molecule is [NH]c1ccc2c(c1)CCC(=O)N2. The molecule has 0 atom stereocenters. The average Bonchev–Trinajstić information content (AvgIpc) is 2.05. The topological polar surface area (TPSA) is 52.9 Å². The largest absolute Gasteiger partial charge is 0.326 e. The lowest BCUT2D eigenvalue weighted by Crippen LogP contribution is -2.18. The van der Waals surface area contributed by atoms with Gasteiger partial charge in [0.1, 0.15) is 0 Å². The molecule has 0 unspecified atom stereocenters. The Hall–Kier alpha value is -1.51. The molecule has 1 heterocycles. The molecule has 3 nitrogen and oxygen atoms in total. The van der Waals surface area contributed by atoms with Crippen LogP contribution in [0.25, 0.3) is 0 Å². The molecule has 0 spiro atoms. The zero-order valence-electron chi connectivity index (χ0n) is 6.55. The van der Waals surface area contributed by atoms with Gasteiger partial charge >= 0.3 is 0 Å². The van der Waals surface area contributed by atoms with Crippen molar-refractivity contribution in [1.29, 1.82) is 0 Å². The highest BCUT2D eigenvalue weighted by Crippen LogP contribution is 2.24. The maximum absolute atomic E-state index is 11.0. The number of fused-ring (bicyclic) bond motifs is 1. The Morgan fingerprint density at radius 3 is 3.00 bits per heavy atom. The summed E-state index contributed by atoms with van der Waals surface area (Å²) in [5.74, 6) is 0.0697. The summed E-state index contributed by atoms with van der Waals surface area (Å²) in [5, 5.41) is 2.76. The van der Waals surface area contributed by atoms with E-state index >= 15 is 0 Å². The fourth-order valence-corrected chi connectivity index (χ4v) is 1.38. The molecule has 1 aliphatic rings. The third-order valence-corrected chi connectivity index (χ3v) is 2.00. The van der Waals surface area contributed by atoms with Crippen LogP contribution < -0.4 is 11.1 Å². The van der Waals surface area contributed by atoms with Gasteiger partial charge < -0.3 is 11.1 Å². The molecule has 0 aliphatic carbocycles. The van der Waals surface area contributed by atoms with Crippen LogP contribution in [0.2, 0.25) is 0 Å². The highest BCUT2D eigenvalue weighted by atomic mass is 16.1. The zero-order chi connectivity index (χ0) is 8.55. The molecule has 0 saturated heterocycles. The van der Waals surface area contributed by atoms with Gasteiger partial charge in [0.15, 0.2) is 0 Å². The minimum absolute atomic E-state index is 0.0697. The van der Waals surface area contributed by atoms with Gasteiger partial charge in [-0.15, -0.1) is 0 Å². The third kappa shape index (κ3) is 1.13. The van der Waals surface area contributed by atoms with Crippen LogP contribution in [0.15, 0.2) is 18.2 Å². The predicted octanol–water partition coefficient (Wildman–Crippen LogP) is 1.49. The normalized spacial score (nSPS) is 15.2. The van der Waals surface area contributed by atoms with Crippen molar-refractivity contribution in [2.75, 3.05) is 5.32 Å². The maximum Gasteiger partial charge on any atom is 0.224 e. The summed E-state index contributed by atoms with van der Waals surface area (Å²) in [6.07, 6.45) is 1.30. The van der Waals surface area contributed by atoms with E-state index in [0.717, 1.165) is 17.7 Å². The zero-order valence-corrected chi connectivity index (χ0v) is 6.55. The summed E-state index contributed by atoms with van der Waals surface area (Å²) in [6, 6.07) is 5.27. The second kappa shape index (κ2) is 2.52. The highest BCUT2D eigenvalue weighted by Gasteiger charge is 2.13. The molecule has 1 radical (unpaired) electrons. The van der Waals surface area contributed by atoms with Gasteiger partial charge in [0.25, 0.3) is 0 Å². The third-order valence-electron chi connectivity index (χ3n) is 2.00. The number of aryl methyl sites for hydroxylation is 1. The number of hydrogen-bond acceptors (Lipinski definition) is 1. The van der Waals surface area contributed by atoms with E-state index in [9.17, 15) is 4.79 Å². The van der Waals surface area contributed by atoms with Crippen molar-refractivity contribution < 1.29 is 4.79 Å². The summed E-state index contributed by atoms with van der Waals surface area (Å²) in [7, 11) is 0. The Labute approximate surface area is 70.6 Å². The highest BCUT2D eigenvalue weighted by molar-refractivity contribution is 5.94. The fourth-order valence-electron chi connectivity index (χ4n) is 1.38. The maximum atomic E-state index is 11.0. The van der Waals surface area contributed by atoms with Crippen LogP contribution in [0.5, 0.6) is 0 Å². The minimum atomic E-state index is 0.0697. The number of amides is 1. The average molecular weight is 161 g/mol. The summed E-state index contributed by atoms with van der Waals surface area (Å²) < 4.78 is 0. The van der Waals surface area contributed by atoms with Crippen LogP contribution in [0, 0.1) is 0 Å². The molecule has 1 aliphatic heterocycles. The number of carbonyl (C=O) groups excluding carboxylic acids is 1. The number of hydrogen-bond donors (Lipinski definition) is 1. The first-order valence-electron chi connectivity index (χ1n) is 3.90. The van der Waals surface area contributed by atoms with Gasteiger partial charge in [-0.3, -0.25) is 4.79 Å². The molecule has 2 N–H and O–H groups in total. The molecule has 1 amide bonds. The van der Waals surface area contributed by atoms with Gasteiger partial charge in [0.05, 0.1) is 5.69 Å². The Balaban J connectivity index is 2.43. The van der Waals surface area contributed by atoms with Crippen molar-refractivity contribution in [1.82, 2.24) is 5.73 Å². The van der Waals surface area contributed by atoms with Gasteiger partial charge in [0.2, 0.25) is 5.91 Å². The van der Waals surface area contributed by atoms with Gasteiger partial charge in [-0.25, -0.2) is 0 Å². The number of anilines is 1. The lowest BCUT2D eigenvalue weighted by atomic mass is 10.0. The quantitative estimate of drug-likeness (QED) is 0.615. The van der Waals surface area contributed by atoms with Crippen molar-refractivity contribution in [2.45, 2.75) is 12.8 Å². The van der Waals surface area contributed by atoms with E-state index in [4.69, 9.17) is 5.73 Å². The van der Waals surface area contributed by atoms with E-state index in [-0.39, 0.29) is 5.91 Å². The van der Waals surface area contributed by atoms with Crippen molar-refractivity contribution in [3.63, 3.8) is 0 Å². The van der Waals surface area contributed by atoms with Gasteiger partial charge in [-0.05, 0) is 30.2 Å². The molecule has 12 heavy (non-hydrogen) atoms. The second-order valence-corrected chi connectivity index (χ2v) is 2.92. The molecular weight excluding hydrogens is 152 g/mol. The van der Waals surface area contributed by atoms with E-state index in [1.54, 1.807) is 18.2 Å². The standard InChI is InChI=1S/C9H9N2O/c10-7-2-3-8-6(5-7)1-4-9(12)11-8/h2-3,5,10H,1,4H2,(H,11,12). The Kier molecular flexibility index (Phi) is 1.50. The molecule has 3 heteroatoms. The molecule has 0 saturated carbocycles. The summed E-state index contributed by atoms with van der Waals surface area (Å²) in [5.41, 5.74) is 9.81. The van der Waals surface area contributed by atoms with E-state index in [1.807, 2.05) is 0 Å². The van der Waals surface area contributed by atoms with Gasteiger partial charge in [-0.2, -0.15) is 0 Å². The van der Waals surface area contributed by atoms with Crippen molar-refractivity contribution in [3.8, 4) is 0 Å². The molecule has 0 aromatic heterocycles. The van der Waals surface area contributed by atoms with Crippen molar-refractivity contribution in [2.24, 2.45) is 0 Å². The summed E-state index contributed by atoms with van der Waals surface area (Å²) >= 11 is 0. The fraction of sp³-hybridized carbons (Fsp3) is 0.222. The number of rotatable bonds is 0. The van der Waals surface area contributed by atoms with E-state index in [2.05, 4.69) is 5.32 Å². The van der Waals surface area contributed by atoms with Crippen LogP contribution in [-0.4, -0.2) is 5.91 Å². The van der Waals surface area contributed by atoms with Crippen LogP contribution in [0.1, 0.15) is 12.0 Å². The van der Waals surface area contributed by atoms with Crippen molar-refractivity contribution in [3.05, 3.63) is 23.8 Å². The smallest absolute Gasteiger partial charge is 0.224 e. The number of carbonyl (C=O) groups is 1. The Bertz CT molecular complexity index is 333. The predicted molar refractivity (Wildman–Crippen MR) is 46.1 cm³/mol. The lowest BCUT2D eigenvalue weighted by Gasteiger charge is -2.16. The lowest BCUT2D eigenvalue weighted by molar-refractivity contribution is -0.116. The molecule has 0 bridgehead atoms. The van der Waals surface area contributed by atoms with Crippen LogP contribution in [0.3, 0.4) is 0 Å². The first-order valence-corrected chi connectivity index (χ1v) is 3.90. The molecular formula is C9H9N2O. The molecule has 1 aromatic rings. The minimum Gasteiger partial charge on any atom is -0.326 e. The van der Waals surface area contributed by atoms with Crippen molar-refractivity contribution >= 4 is 17.3 Å². The van der Waals surface area contributed by atoms with E-state index in [0.29, 0.717) is 12.1 Å². The Morgan fingerprint density at radius 1 is 1.33 bits per heavy atom. The van der Waals surface area contributed by atoms with Gasteiger partial charge in [0, 0.05) is 12.1 Å². The molecule has 1 aromatic carbocycles. The van der Waals surface area contributed by atoms with Crippen LogP contribution in [0.4, 0.5) is 11.4 Å². The number of nitrogens with one attached hydrogen (secondary N) is 2. The first-order chi connectivity index (χ1) is 5.75. The number of benzene rings is 1. The molecule has 0 fully saturated rings. The van der Waals surface area contributed by atoms with E-state index in [1.165, 1.54) is 0 Å². The summed E-state index contributed by atoms with van der Waals surface area (Å²) in [4.78, 5) is 11.0. The first kappa shape index (κ1) is 7.16. The molecule has 61 valence electrons. The monoisotopic (exact) mass is 161 g/mol. The van der Waals surface area contributed by atoms with Crippen LogP contribution >= 0.6 is 0 Å². The Morgan fingerprint density at radius 2 is 2.17 bits per heavy atom. The van der Waals surface area contributed by atoms with Crippen LogP contribution in [-0.2, 0) is 11.2 Å². The van der Waals surface area contributed by atoms with Gasteiger partial charge in [-0.1, -0.05) is 0 Å². The summed E-state index contributed by atoms with van der Waals surface area (Å²) in [6.45, 7) is 0.